The minimum absolute atomic E-state index is 0.00942. The average molecular weight is 616 g/mol. The number of anilines is 1. The zero-order valence-electron chi connectivity index (χ0n) is 23.7. The van der Waals surface area contributed by atoms with Crippen LogP contribution in [0.5, 0.6) is 0 Å². The lowest BCUT2D eigenvalue weighted by atomic mass is 10.1. The van der Waals surface area contributed by atoms with Crippen LogP contribution in [0.15, 0.2) is 41.3 Å². The van der Waals surface area contributed by atoms with Gasteiger partial charge in [-0.15, -0.1) is 0 Å². The second-order valence-corrected chi connectivity index (χ2v) is 12.2. The standard InChI is InChI=1S/C29H34ClN5O6S/c1-4-6-14-34(15-7-5-2)28(37)26-25(30)18(3)35(32-26)24-11-8-20(17-22(24)29(38)39)27(36)33-42(40,41)21-9-10-23-19(16-21)12-13-31-23/h8-11,16-17,31H,4-7,12-15H2,1-3H3,(H,33,36)(H,38,39). The summed E-state index contributed by atoms with van der Waals surface area (Å²) in [5.74, 6) is -2.71. The first-order valence-electron chi connectivity index (χ1n) is 13.8. The molecular weight excluding hydrogens is 582 g/mol. The maximum absolute atomic E-state index is 13.4. The molecule has 1 aliphatic rings. The van der Waals surface area contributed by atoms with Crippen molar-refractivity contribution in [3.63, 3.8) is 0 Å². The summed E-state index contributed by atoms with van der Waals surface area (Å²) < 4.78 is 29.1. The fourth-order valence-corrected chi connectivity index (χ4v) is 5.96. The third kappa shape index (κ3) is 6.44. The Hall–Kier alpha value is -3.90. The SMILES string of the molecule is CCCCN(CCCC)C(=O)c1nn(-c2ccc(C(=O)NS(=O)(=O)c3ccc4c(c3)CCN4)cc2C(=O)O)c(C)c1Cl. The molecule has 0 atom stereocenters. The van der Waals surface area contributed by atoms with Crippen LogP contribution in [0, 0.1) is 6.92 Å². The highest BCUT2D eigenvalue weighted by atomic mass is 35.5. The van der Waals surface area contributed by atoms with Crippen LogP contribution in [0.4, 0.5) is 5.69 Å². The molecule has 0 unspecified atom stereocenters. The number of rotatable bonds is 12. The Morgan fingerprint density at radius 3 is 2.43 bits per heavy atom. The molecule has 0 spiro atoms. The van der Waals surface area contributed by atoms with Crippen LogP contribution in [-0.4, -0.2) is 65.6 Å². The van der Waals surface area contributed by atoms with Gasteiger partial charge >= 0.3 is 5.97 Å². The summed E-state index contributed by atoms with van der Waals surface area (Å²) in [6.07, 6.45) is 4.11. The number of fused-ring (bicyclic) bond motifs is 1. The molecule has 2 aromatic carbocycles. The number of nitrogens with zero attached hydrogens (tertiary/aromatic N) is 3. The molecular formula is C29H34ClN5O6S. The van der Waals surface area contributed by atoms with Gasteiger partial charge in [-0.1, -0.05) is 38.3 Å². The number of hydrogen-bond donors (Lipinski definition) is 3. The molecule has 1 aromatic heterocycles. The van der Waals surface area contributed by atoms with Crippen LogP contribution in [-0.2, 0) is 16.4 Å². The number of sulfonamides is 1. The van der Waals surface area contributed by atoms with Crippen molar-refractivity contribution >= 4 is 45.1 Å². The van der Waals surface area contributed by atoms with Crippen molar-refractivity contribution in [1.29, 1.82) is 0 Å². The Morgan fingerprint density at radius 1 is 1.10 bits per heavy atom. The van der Waals surface area contributed by atoms with E-state index in [4.69, 9.17) is 11.6 Å². The van der Waals surface area contributed by atoms with Crippen LogP contribution < -0.4 is 10.0 Å². The minimum atomic E-state index is -4.22. The Balaban J connectivity index is 1.64. The second kappa shape index (κ2) is 13.0. The van der Waals surface area contributed by atoms with E-state index >= 15 is 0 Å². The molecule has 224 valence electrons. The average Bonchev–Trinajstić information content (AvgIpc) is 3.56. The molecule has 4 rings (SSSR count). The number of amides is 2. The van der Waals surface area contributed by atoms with E-state index in [1.54, 1.807) is 17.9 Å². The first kappa shape index (κ1) is 31.0. The van der Waals surface area contributed by atoms with Gasteiger partial charge in [-0.05, 0) is 68.1 Å². The zero-order valence-corrected chi connectivity index (χ0v) is 25.3. The van der Waals surface area contributed by atoms with E-state index in [0.29, 0.717) is 31.7 Å². The fourth-order valence-electron chi connectivity index (χ4n) is 4.74. The highest BCUT2D eigenvalue weighted by molar-refractivity contribution is 7.90. The molecule has 3 N–H and O–H groups in total. The molecule has 0 saturated carbocycles. The molecule has 3 aromatic rings. The number of halogens is 1. The van der Waals surface area contributed by atoms with Crippen molar-refractivity contribution in [2.75, 3.05) is 25.0 Å². The van der Waals surface area contributed by atoms with Gasteiger partial charge in [-0.2, -0.15) is 5.10 Å². The van der Waals surface area contributed by atoms with Crippen LogP contribution in [0.25, 0.3) is 5.69 Å². The number of hydrogen-bond acceptors (Lipinski definition) is 7. The van der Waals surface area contributed by atoms with Gasteiger partial charge in [0.2, 0.25) is 0 Å². The van der Waals surface area contributed by atoms with Crippen LogP contribution in [0.2, 0.25) is 5.02 Å². The Kier molecular flexibility index (Phi) is 9.57. The summed E-state index contributed by atoms with van der Waals surface area (Å²) in [5.41, 5.74) is 1.59. The zero-order chi connectivity index (χ0) is 30.6. The lowest BCUT2D eigenvalue weighted by Gasteiger charge is -2.21. The largest absolute Gasteiger partial charge is 0.478 e. The first-order valence-corrected chi connectivity index (χ1v) is 15.7. The molecule has 0 radical (unpaired) electrons. The monoisotopic (exact) mass is 615 g/mol. The quantitative estimate of drug-likeness (QED) is 0.266. The molecule has 13 heteroatoms. The number of nitrogens with one attached hydrogen (secondary N) is 2. The molecule has 1 aliphatic heterocycles. The normalized spacial score (nSPS) is 12.5. The molecule has 0 bridgehead atoms. The predicted molar refractivity (Wildman–Crippen MR) is 159 cm³/mol. The first-order chi connectivity index (χ1) is 20.0. The number of unbranched alkanes of at least 4 members (excludes halogenated alkanes) is 2. The summed E-state index contributed by atoms with van der Waals surface area (Å²) >= 11 is 6.54. The number of aromatic nitrogens is 2. The summed E-state index contributed by atoms with van der Waals surface area (Å²) in [4.78, 5) is 40.2. The molecule has 0 saturated heterocycles. The van der Waals surface area contributed by atoms with Crippen LogP contribution in [0.3, 0.4) is 0 Å². The van der Waals surface area contributed by atoms with Crippen molar-refractivity contribution in [2.45, 2.75) is 57.8 Å². The molecule has 11 nitrogen and oxygen atoms in total. The fraction of sp³-hybridized carbons (Fsp3) is 0.379. The molecule has 2 heterocycles. The number of carbonyl (C=O) groups excluding carboxylic acids is 2. The van der Waals surface area contributed by atoms with Gasteiger partial charge in [-0.25, -0.2) is 22.6 Å². The van der Waals surface area contributed by atoms with Gasteiger partial charge in [0, 0.05) is 30.9 Å². The van der Waals surface area contributed by atoms with E-state index in [0.717, 1.165) is 43.0 Å². The number of carboxylic acid groups (broad SMARTS) is 1. The van der Waals surface area contributed by atoms with Gasteiger partial charge in [0.25, 0.3) is 21.8 Å². The van der Waals surface area contributed by atoms with Crippen LogP contribution in [0.1, 0.15) is 82.0 Å². The third-order valence-corrected chi connectivity index (χ3v) is 8.92. The number of carbonyl (C=O) groups is 3. The highest BCUT2D eigenvalue weighted by Crippen LogP contribution is 2.28. The van der Waals surface area contributed by atoms with Gasteiger partial charge in [0.1, 0.15) is 0 Å². The van der Waals surface area contributed by atoms with Gasteiger partial charge in [0.05, 0.1) is 26.9 Å². The predicted octanol–water partition coefficient (Wildman–Crippen LogP) is 4.66. The second-order valence-electron chi connectivity index (χ2n) is 10.1. The maximum atomic E-state index is 13.4. The maximum Gasteiger partial charge on any atom is 0.337 e. The number of benzene rings is 2. The van der Waals surface area contributed by atoms with Gasteiger partial charge in [-0.3, -0.25) is 9.59 Å². The smallest absolute Gasteiger partial charge is 0.337 e. The van der Waals surface area contributed by atoms with Crippen LogP contribution >= 0.6 is 11.6 Å². The summed E-state index contributed by atoms with van der Waals surface area (Å²) in [7, 11) is -4.22. The van der Waals surface area contributed by atoms with Crippen molar-refractivity contribution in [2.24, 2.45) is 0 Å². The summed E-state index contributed by atoms with van der Waals surface area (Å²) in [5, 5.41) is 17.6. The summed E-state index contributed by atoms with van der Waals surface area (Å²) in [6, 6.07) is 8.24. The van der Waals surface area contributed by atoms with Crippen molar-refractivity contribution in [3.05, 3.63) is 69.5 Å². The van der Waals surface area contributed by atoms with Crippen molar-refractivity contribution in [1.82, 2.24) is 19.4 Å². The highest BCUT2D eigenvalue weighted by Gasteiger charge is 2.27. The topological polar surface area (TPSA) is 151 Å². The lowest BCUT2D eigenvalue weighted by Crippen LogP contribution is -2.33. The summed E-state index contributed by atoms with van der Waals surface area (Å²) in [6.45, 7) is 7.47. The molecule has 0 aliphatic carbocycles. The number of aromatic carboxylic acids is 1. The van der Waals surface area contributed by atoms with Crippen molar-refractivity contribution < 1.29 is 27.9 Å². The van der Waals surface area contributed by atoms with Gasteiger partial charge in [0.15, 0.2) is 5.69 Å². The van der Waals surface area contributed by atoms with Crippen molar-refractivity contribution in [3.8, 4) is 5.69 Å². The van der Waals surface area contributed by atoms with E-state index in [-0.39, 0.29) is 38.3 Å². The molecule has 0 fully saturated rings. The molecule has 42 heavy (non-hydrogen) atoms. The van der Waals surface area contributed by atoms with Gasteiger partial charge < -0.3 is 15.3 Å². The minimum Gasteiger partial charge on any atom is -0.478 e. The Labute approximate surface area is 249 Å². The third-order valence-electron chi connectivity index (χ3n) is 7.14. The Morgan fingerprint density at radius 2 is 1.79 bits per heavy atom. The van der Waals surface area contributed by atoms with E-state index < -0.39 is 21.9 Å². The molecule has 2 amide bonds. The van der Waals surface area contributed by atoms with E-state index in [9.17, 15) is 27.9 Å². The van der Waals surface area contributed by atoms with E-state index in [2.05, 4.69) is 10.4 Å². The van der Waals surface area contributed by atoms with E-state index in [1.807, 2.05) is 18.6 Å². The van der Waals surface area contributed by atoms with E-state index in [1.165, 1.54) is 28.9 Å². The Bertz CT molecular complexity index is 1630. The lowest BCUT2D eigenvalue weighted by molar-refractivity contribution is 0.0695. The number of carboxylic acids is 1.